The number of benzene rings is 2. The zero-order chi connectivity index (χ0) is 19.0. The second-order valence-corrected chi connectivity index (χ2v) is 7.41. The van der Waals surface area contributed by atoms with Gasteiger partial charge in [0.1, 0.15) is 5.75 Å². The third-order valence-electron chi connectivity index (χ3n) is 3.21. The molecule has 26 heavy (non-hydrogen) atoms. The maximum absolute atomic E-state index is 12.0. The molecule has 2 aromatic rings. The molecule has 0 bridgehead atoms. The first-order valence-corrected chi connectivity index (χ1v) is 9.54. The van der Waals surface area contributed by atoms with Gasteiger partial charge in [0.05, 0.1) is 11.5 Å². The summed E-state index contributed by atoms with van der Waals surface area (Å²) in [7, 11) is -2.11. The second-order valence-electron chi connectivity index (χ2n) is 5.21. The molecule has 2 N–H and O–H groups in total. The summed E-state index contributed by atoms with van der Waals surface area (Å²) in [6, 6.07) is 12.5. The highest BCUT2D eigenvalue weighted by molar-refractivity contribution is 7.89. The van der Waals surface area contributed by atoms with Crippen molar-refractivity contribution in [3.8, 4) is 5.75 Å². The summed E-state index contributed by atoms with van der Waals surface area (Å²) in [5.41, 5.74) is 0.565. The van der Waals surface area contributed by atoms with Crippen LogP contribution in [0.15, 0.2) is 53.4 Å². The van der Waals surface area contributed by atoms with Gasteiger partial charge in [-0.05, 0) is 42.5 Å². The molecule has 0 heterocycles. The number of nitrogens with one attached hydrogen (secondary N) is 2. The Balaban J connectivity index is 1.88. The van der Waals surface area contributed by atoms with Crippen molar-refractivity contribution in [1.82, 2.24) is 4.72 Å². The number of rotatable bonds is 9. The van der Waals surface area contributed by atoms with Crippen molar-refractivity contribution < 1.29 is 22.7 Å². The van der Waals surface area contributed by atoms with Crippen LogP contribution in [0.5, 0.6) is 5.75 Å². The number of sulfonamides is 1. The number of anilines is 1. The van der Waals surface area contributed by atoms with Crippen LogP contribution in [0.1, 0.15) is 0 Å². The van der Waals surface area contributed by atoms with Crippen LogP contribution in [0.25, 0.3) is 0 Å². The highest BCUT2D eigenvalue weighted by Crippen LogP contribution is 2.17. The molecule has 0 saturated heterocycles. The number of halogens is 1. The summed E-state index contributed by atoms with van der Waals surface area (Å²) >= 11 is 5.85. The predicted molar refractivity (Wildman–Crippen MR) is 99.1 cm³/mol. The lowest BCUT2D eigenvalue weighted by Crippen LogP contribution is -2.27. The molecular weight excluding hydrogens is 380 g/mol. The number of hydrogen-bond acceptors (Lipinski definition) is 5. The van der Waals surface area contributed by atoms with Gasteiger partial charge in [0, 0.05) is 24.4 Å². The Morgan fingerprint density at radius 3 is 2.54 bits per heavy atom. The maximum Gasteiger partial charge on any atom is 0.262 e. The van der Waals surface area contributed by atoms with Gasteiger partial charge in [-0.2, -0.15) is 0 Å². The first-order valence-electron chi connectivity index (χ1n) is 7.67. The minimum Gasteiger partial charge on any atom is -0.484 e. The molecule has 0 radical (unpaired) electrons. The number of ether oxygens (including phenoxy) is 2. The minimum atomic E-state index is -3.60. The molecular formula is C17H19ClN2O5S. The third kappa shape index (κ3) is 6.30. The van der Waals surface area contributed by atoms with E-state index in [1.54, 1.807) is 24.3 Å². The molecule has 0 aromatic heterocycles. The fourth-order valence-corrected chi connectivity index (χ4v) is 3.19. The van der Waals surface area contributed by atoms with Crippen LogP contribution in [-0.2, 0) is 19.6 Å². The van der Waals surface area contributed by atoms with Gasteiger partial charge in [0.15, 0.2) is 6.61 Å². The van der Waals surface area contributed by atoms with Crippen LogP contribution in [0.4, 0.5) is 5.69 Å². The van der Waals surface area contributed by atoms with E-state index in [0.717, 1.165) is 0 Å². The van der Waals surface area contributed by atoms with Crippen molar-refractivity contribution in [2.75, 3.05) is 32.2 Å². The number of methoxy groups -OCH3 is 1. The molecule has 0 spiro atoms. The van der Waals surface area contributed by atoms with Gasteiger partial charge >= 0.3 is 0 Å². The number of carbonyl (C=O) groups excluding carboxylic acids is 1. The van der Waals surface area contributed by atoms with Gasteiger partial charge < -0.3 is 14.8 Å². The molecule has 0 saturated carbocycles. The molecule has 0 aliphatic heterocycles. The molecule has 0 aliphatic carbocycles. The van der Waals surface area contributed by atoms with E-state index in [4.69, 9.17) is 21.1 Å². The maximum atomic E-state index is 12.0. The Morgan fingerprint density at radius 1 is 1.15 bits per heavy atom. The Labute approximate surface area is 157 Å². The molecule has 140 valence electrons. The van der Waals surface area contributed by atoms with Crippen molar-refractivity contribution in [3.63, 3.8) is 0 Å². The van der Waals surface area contributed by atoms with Crippen LogP contribution in [0.2, 0.25) is 5.02 Å². The molecule has 7 nitrogen and oxygen atoms in total. The van der Waals surface area contributed by atoms with E-state index < -0.39 is 10.0 Å². The number of amides is 1. The van der Waals surface area contributed by atoms with Crippen molar-refractivity contribution in [1.29, 1.82) is 0 Å². The predicted octanol–water partition coefficient (Wildman–Crippen LogP) is 2.28. The zero-order valence-electron chi connectivity index (χ0n) is 14.1. The normalized spacial score (nSPS) is 11.2. The fourth-order valence-electron chi connectivity index (χ4n) is 1.99. The fraction of sp³-hybridized carbons (Fsp3) is 0.235. The first kappa shape index (κ1) is 20.2. The highest BCUT2D eigenvalue weighted by Gasteiger charge is 2.13. The SMILES string of the molecule is COCCNS(=O)(=O)c1ccc(OCC(=O)Nc2cccc(Cl)c2)cc1. The zero-order valence-corrected chi connectivity index (χ0v) is 15.6. The topological polar surface area (TPSA) is 93.7 Å². The van der Waals surface area contributed by atoms with Gasteiger partial charge in [0.2, 0.25) is 10.0 Å². The molecule has 0 aliphatic rings. The number of hydrogen-bond donors (Lipinski definition) is 2. The summed E-state index contributed by atoms with van der Waals surface area (Å²) < 4.78 is 36.6. The quantitative estimate of drug-likeness (QED) is 0.632. The summed E-state index contributed by atoms with van der Waals surface area (Å²) in [6.07, 6.45) is 0. The van der Waals surface area contributed by atoms with E-state index in [9.17, 15) is 13.2 Å². The monoisotopic (exact) mass is 398 g/mol. The van der Waals surface area contributed by atoms with Crippen LogP contribution in [0, 0.1) is 0 Å². The average molecular weight is 399 g/mol. The van der Waals surface area contributed by atoms with Gasteiger partial charge in [-0.15, -0.1) is 0 Å². The summed E-state index contributed by atoms with van der Waals surface area (Å²) in [5, 5.41) is 3.16. The largest absolute Gasteiger partial charge is 0.484 e. The summed E-state index contributed by atoms with van der Waals surface area (Å²) in [4.78, 5) is 12.0. The molecule has 1 amide bonds. The molecule has 0 unspecified atom stereocenters. The van der Waals surface area contributed by atoms with Gasteiger partial charge in [-0.3, -0.25) is 4.79 Å². The van der Waals surface area contributed by atoms with E-state index in [0.29, 0.717) is 16.5 Å². The van der Waals surface area contributed by atoms with E-state index in [-0.39, 0.29) is 30.6 Å². The molecule has 0 fully saturated rings. The van der Waals surface area contributed by atoms with Crippen LogP contribution in [-0.4, -0.2) is 41.2 Å². The summed E-state index contributed by atoms with van der Waals surface area (Å²) in [6.45, 7) is 0.244. The number of carbonyl (C=O) groups is 1. The van der Waals surface area contributed by atoms with Crippen molar-refractivity contribution in [2.45, 2.75) is 4.90 Å². The Bertz CT molecular complexity index is 840. The minimum absolute atomic E-state index is 0.101. The van der Waals surface area contributed by atoms with Crippen molar-refractivity contribution in [3.05, 3.63) is 53.6 Å². The van der Waals surface area contributed by atoms with Crippen molar-refractivity contribution >= 4 is 33.2 Å². The van der Waals surface area contributed by atoms with Crippen LogP contribution in [0.3, 0.4) is 0 Å². The van der Waals surface area contributed by atoms with E-state index in [1.807, 2.05) is 0 Å². The molecule has 0 atom stereocenters. The Morgan fingerprint density at radius 2 is 1.88 bits per heavy atom. The molecule has 9 heteroatoms. The Hall–Kier alpha value is -2.13. The first-order chi connectivity index (χ1) is 12.4. The van der Waals surface area contributed by atoms with Crippen LogP contribution >= 0.6 is 11.6 Å². The lowest BCUT2D eigenvalue weighted by Gasteiger charge is -2.09. The average Bonchev–Trinajstić information content (AvgIpc) is 2.60. The second kappa shape index (κ2) is 9.54. The van der Waals surface area contributed by atoms with Crippen LogP contribution < -0.4 is 14.8 Å². The molecule has 2 rings (SSSR count). The van der Waals surface area contributed by atoms with E-state index in [2.05, 4.69) is 10.0 Å². The van der Waals surface area contributed by atoms with Gasteiger partial charge in [-0.1, -0.05) is 17.7 Å². The van der Waals surface area contributed by atoms with E-state index >= 15 is 0 Å². The van der Waals surface area contributed by atoms with Gasteiger partial charge in [-0.25, -0.2) is 13.1 Å². The smallest absolute Gasteiger partial charge is 0.262 e. The standard InChI is InChI=1S/C17H19ClN2O5S/c1-24-10-9-19-26(22,23)16-7-5-15(6-8-16)25-12-17(21)20-14-4-2-3-13(18)11-14/h2-8,11,19H,9-10,12H2,1H3,(H,20,21). The van der Waals surface area contributed by atoms with Gasteiger partial charge in [0.25, 0.3) is 5.91 Å². The van der Waals surface area contributed by atoms with E-state index in [1.165, 1.54) is 31.4 Å². The summed E-state index contributed by atoms with van der Waals surface area (Å²) in [5.74, 6) is 0.0206. The highest BCUT2D eigenvalue weighted by atomic mass is 35.5. The lowest BCUT2D eigenvalue weighted by atomic mass is 10.3. The molecule has 2 aromatic carbocycles. The third-order valence-corrected chi connectivity index (χ3v) is 4.92. The van der Waals surface area contributed by atoms with Crippen molar-refractivity contribution in [2.24, 2.45) is 0 Å². The lowest BCUT2D eigenvalue weighted by molar-refractivity contribution is -0.118. The Kier molecular flexibility index (Phi) is 7.40.